The third kappa shape index (κ3) is 2.47. The highest BCUT2D eigenvalue weighted by Gasteiger charge is 2.02. The lowest BCUT2D eigenvalue weighted by atomic mass is 10.0. The standard InChI is InChI=1S/C10H13NO/c11-10(7-4-8-12)9-5-2-1-3-6-9/h1-3,5-6,8,10H,4,7,11H2. The Morgan fingerprint density at radius 2 is 2.00 bits per heavy atom. The summed E-state index contributed by atoms with van der Waals surface area (Å²) in [6.45, 7) is 0. The Hall–Kier alpha value is -1.15. The van der Waals surface area contributed by atoms with Gasteiger partial charge in [-0.2, -0.15) is 0 Å². The van der Waals surface area contributed by atoms with Crippen LogP contribution >= 0.6 is 0 Å². The molecule has 0 heterocycles. The summed E-state index contributed by atoms with van der Waals surface area (Å²) in [6, 6.07) is 9.82. The highest BCUT2D eigenvalue weighted by molar-refractivity contribution is 5.49. The Kier molecular flexibility index (Phi) is 3.48. The van der Waals surface area contributed by atoms with Gasteiger partial charge in [-0.25, -0.2) is 0 Å². The first-order valence-electron chi connectivity index (χ1n) is 4.08. The van der Waals surface area contributed by atoms with Crippen LogP contribution < -0.4 is 5.73 Å². The van der Waals surface area contributed by atoms with E-state index in [1.807, 2.05) is 30.3 Å². The van der Waals surface area contributed by atoms with Crippen LogP contribution in [-0.2, 0) is 4.79 Å². The fourth-order valence-corrected chi connectivity index (χ4v) is 1.11. The van der Waals surface area contributed by atoms with Gasteiger partial charge in [0.1, 0.15) is 6.29 Å². The minimum Gasteiger partial charge on any atom is -0.324 e. The molecule has 1 rings (SSSR count). The van der Waals surface area contributed by atoms with Gasteiger partial charge >= 0.3 is 0 Å². The van der Waals surface area contributed by atoms with Crippen molar-refractivity contribution in [2.24, 2.45) is 5.73 Å². The van der Waals surface area contributed by atoms with Gasteiger partial charge in [0.05, 0.1) is 0 Å². The van der Waals surface area contributed by atoms with Crippen molar-refractivity contribution in [2.45, 2.75) is 18.9 Å². The van der Waals surface area contributed by atoms with Gasteiger partial charge in [-0.15, -0.1) is 0 Å². The summed E-state index contributed by atoms with van der Waals surface area (Å²) in [5.41, 5.74) is 6.92. The summed E-state index contributed by atoms with van der Waals surface area (Å²) in [7, 11) is 0. The molecule has 0 saturated heterocycles. The molecule has 1 aromatic rings. The minimum absolute atomic E-state index is 0.00333. The predicted molar refractivity (Wildman–Crippen MR) is 48.7 cm³/mol. The molecular formula is C10H13NO. The van der Waals surface area contributed by atoms with Gasteiger partial charge in [-0.05, 0) is 12.0 Å². The molecule has 2 N–H and O–H groups in total. The van der Waals surface area contributed by atoms with Crippen LogP contribution in [0.4, 0.5) is 0 Å². The fraction of sp³-hybridized carbons (Fsp3) is 0.300. The minimum atomic E-state index is -0.00333. The average Bonchev–Trinajstić information content (AvgIpc) is 2.15. The summed E-state index contributed by atoms with van der Waals surface area (Å²) in [5.74, 6) is 0. The maximum Gasteiger partial charge on any atom is 0.120 e. The summed E-state index contributed by atoms with van der Waals surface area (Å²) in [5, 5.41) is 0. The molecular weight excluding hydrogens is 150 g/mol. The van der Waals surface area contributed by atoms with E-state index in [1.54, 1.807) is 0 Å². The first-order valence-corrected chi connectivity index (χ1v) is 4.08. The number of benzene rings is 1. The molecule has 0 aliphatic heterocycles. The van der Waals surface area contributed by atoms with Crippen molar-refractivity contribution in [3.8, 4) is 0 Å². The Bertz CT molecular complexity index is 233. The lowest BCUT2D eigenvalue weighted by molar-refractivity contribution is -0.108. The van der Waals surface area contributed by atoms with E-state index in [-0.39, 0.29) is 6.04 Å². The molecule has 1 aromatic carbocycles. The molecule has 2 nitrogen and oxygen atoms in total. The van der Waals surface area contributed by atoms with Gasteiger partial charge in [0, 0.05) is 12.5 Å². The molecule has 0 bridgehead atoms. The topological polar surface area (TPSA) is 43.1 Å². The van der Waals surface area contributed by atoms with E-state index >= 15 is 0 Å². The SMILES string of the molecule is NC(CCC=O)c1ccccc1. The van der Waals surface area contributed by atoms with Crippen molar-refractivity contribution < 1.29 is 4.79 Å². The maximum atomic E-state index is 10.1. The molecule has 0 amide bonds. The van der Waals surface area contributed by atoms with Crippen LogP contribution in [0.15, 0.2) is 30.3 Å². The van der Waals surface area contributed by atoms with Gasteiger partial charge in [0.15, 0.2) is 0 Å². The number of carbonyl (C=O) groups excluding carboxylic acids is 1. The van der Waals surface area contributed by atoms with E-state index in [4.69, 9.17) is 5.73 Å². The zero-order chi connectivity index (χ0) is 8.81. The number of hydrogen-bond acceptors (Lipinski definition) is 2. The predicted octanol–water partition coefficient (Wildman–Crippen LogP) is 1.67. The zero-order valence-electron chi connectivity index (χ0n) is 6.94. The molecule has 12 heavy (non-hydrogen) atoms. The molecule has 1 atom stereocenters. The van der Waals surface area contributed by atoms with E-state index in [2.05, 4.69) is 0 Å². The van der Waals surface area contributed by atoms with Crippen LogP contribution in [0.3, 0.4) is 0 Å². The Balaban J connectivity index is 2.53. The molecule has 0 aliphatic carbocycles. The largest absolute Gasteiger partial charge is 0.324 e. The Morgan fingerprint density at radius 1 is 1.33 bits per heavy atom. The van der Waals surface area contributed by atoms with Crippen LogP contribution in [0.2, 0.25) is 0 Å². The Morgan fingerprint density at radius 3 is 2.58 bits per heavy atom. The molecule has 2 heteroatoms. The Labute approximate surface area is 72.4 Å². The maximum absolute atomic E-state index is 10.1. The summed E-state index contributed by atoms with van der Waals surface area (Å²) in [4.78, 5) is 10.1. The number of rotatable bonds is 4. The first kappa shape index (κ1) is 8.94. The van der Waals surface area contributed by atoms with E-state index in [0.29, 0.717) is 6.42 Å². The van der Waals surface area contributed by atoms with Crippen LogP contribution in [0.1, 0.15) is 24.4 Å². The summed E-state index contributed by atoms with van der Waals surface area (Å²) >= 11 is 0. The van der Waals surface area contributed by atoms with Crippen LogP contribution in [0, 0.1) is 0 Å². The second-order valence-corrected chi connectivity index (χ2v) is 2.76. The fourth-order valence-electron chi connectivity index (χ4n) is 1.11. The van der Waals surface area contributed by atoms with Crippen LogP contribution in [0.25, 0.3) is 0 Å². The first-order chi connectivity index (χ1) is 5.84. The second-order valence-electron chi connectivity index (χ2n) is 2.76. The van der Waals surface area contributed by atoms with Crippen LogP contribution in [0.5, 0.6) is 0 Å². The van der Waals surface area contributed by atoms with E-state index in [1.165, 1.54) is 0 Å². The highest BCUT2D eigenvalue weighted by atomic mass is 16.1. The number of hydrogen-bond donors (Lipinski definition) is 1. The van der Waals surface area contributed by atoms with Gasteiger partial charge in [-0.3, -0.25) is 0 Å². The molecule has 1 unspecified atom stereocenters. The van der Waals surface area contributed by atoms with Gasteiger partial charge in [-0.1, -0.05) is 30.3 Å². The van der Waals surface area contributed by atoms with Crippen molar-refractivity contribution >= 4 is 6.29 Å². The molecule has 0 saturated carbocycles. The van der Waals surface area contributed by atoms with E-state index in [9.17, 15) is 4.79 Å². The van der Waals surface area contributed by atoms with Crippen molar-refractivity contribution in [2.75, 3.05) is 0 Å². The van der Waals surface area contributed by atoms with Crippen LogP contribution in [-0.4, -0.2) is 6.29 Å². The molecule has 0 fully saturated rings. The lowest BCUT2D eigenvalue weighted by Crippen LogP contribution is -2.09. The number of nitrogens with two attached hydrogens (primary N) is 1. The van der Waals surface area contributed by atoms with Gasteiger partial charge in [0.25, 0.3) is 0 Å². The number of aldehydes is 1. The molecule has 64 valence electrons. The monoisotopic (exact) mass is 163 g/mol. The van der Waals surface area contributed by atoms with E-state index < -0.39 is 0 Å². The zero-order valence-corrected chi connectivity index (χ0v) is 6.94. The van der Waals surface area contributed by atoms with Crippen molar-refractivity contribution in [1.82, 2.24) is 0 Å². The smallest absolute Gasteiger partial charge is 0.120 e. The van der Waals surface area contributed by atoms with Gasteiger partial charge < -0.3 is 10.5 Å². The molecule has 0 spiro atoms. The van der Waals surface area contributed by atoms with Gasteiger partial charge in [0.2, 0.25) is 0 Å². The third-order valence-electron chi connectivity index (χ3n) is 1.82. The number of carbonyl (C=O) groups is 1. The molecule has 0 aliphatic rings. The summed E-state index contributed by atoms with van der Waals surface area (Å²) in [6.07, 6.45) is 2.17. The van der Waals surface area contributed by atoms with Crippen molar-refractivity contribution in [3.63, 3.8) is 0 Å². The normalized spacial score (nSPS) is 12.4. The quantitative estimate of drug-likeness (QED) is 0.686. The average molecular weight is 163 g/mol. The third-order valence-corrected chi connectivity index (χ3v) is 1.82. The molecule has 0 aromatic heterocycles. The van der Waals surface area contributed by atoms with Crippen molar-refractivity contribution in [1.29, 1.82) is 0 Å². The highest BCUT2D eigenvalue weighted by Crippen LogP contribution is 2.13. The molecule has 0 radical (unpaired) electrons. The lowest BCUT2D eigenvalue weighted by Gasteiger charge is -2.08. The summed E-state index contributed by atoms with van der Waals surface area (Å²) < 4.78 is 0. The second kappa shape index (κ2) is 4.67. The van der Waals surface area contributed by atoms with Crippen molar-refractivity contribution in [3.05, 3.63) is 35.9 Å². The van der Waals surface area contributed by atoms with E-state index in [0.717, 1.165) is 18.3 Å².